The van der Waals surface area contributed by atoms with E-state index in [1.165, 1.54) is 4.90 Å². The molecule has 0 bridgehead atoms. The average molecular weight is 473 g/mol. The molecular formula is C22H24FN5O6. The van der Waals surface area contributed by atoms with Crippen LogP contribution in [-0.4, -0.2) is 72.2 Å². The number of nitrogens with one attached hydrogen (secondary N) is 2. The fraction of sp³-hybridized carbons (Fsp3) is 0.500. The van der Waals surface area contributed by atoms with Gasteiger partial charge in [0.2, 0.25) is 17.4 Å². The van der Waals surface area contributed by atoms with Crippen molar-refractivity contribution in [2.75, 3.05) is 25.0 Å². The summed E-state index contributed by atoms with van der Waals surface area (Å²) in [5.41, 5.74) is -1.49. The van der Waals surface area contributed by atoms with Gasteiger partial charge in [-0.2, -0.15) is 0 Å². The topological polar surface area (TPSA) is 134 Å². The molecule has 2 saturated heterocycles. The Labute approximate surface area is 193 Å². The number of hydrogen-bond acceptors (Lipinski definition) is 8. The summed E-state index contributed by atoms with van der Waals surface area (Å²) in [6.07, 6.45) is -1.17. The van der Waals surface area contributed by atoms with Gasteiger partial charge in [0.1, 0.15) is 0 Å². The number of barbiturate groups is 1. The molecule has 11 nitrogen and oxygen atoms in total. The van der Waals surface area contributed by atoms with E-state index in [0.717, 1.165) is 0 Å². The van der Waals surface area contributed by atoms with Gasteiger partial charge in [-0.25, -0.2) is 9.18 Å². The molecule has 2 N–H and O–H groups in total. The molecule has 1 aromatic carbocycles. The number of aromatic nitrogens is 1. The summed E-state index contributed by atoms with van der Waals surface area (Å²) in [6, 6.07) is -0.251. The number of carbonyl (C=O) groups excluding carboxylic acids is 4. The second kappa shape index (κ2) is 7.49. The van der Waals surface area contributed by atoms with E-state index in [4.69, 9.17) is 9.26 Å². The second-order valence-corrected chi connectivity index (χ2v) is 9.06. The number of rotatable bonds is 2. The number of fused-ring (bicyclic) bond motifs is 5. The first-order valence-electron chi connectivity index (χ1n) is 11.0. The highest BCUT2D eigenvalue weighted by atomic mass is 19.1. The number of hydrogen-bond donors (Lipinski definition) is 2. The zero-order valence-electron chi connectivity index (χ0n) is 19.1. The molecule has 5 rings (SSSR count). The predicted octanol–water partition coefficient (Wildman–Crippen LogP) is 0.950. The minimum atomic E-state index is -1.75. The summed E-state index contributed by atoms with van der Waals surface area (Å²) in [4.78, 5) is 54.1. The van der Waals surface area contributed by atoms with Crippen LogP contribution in [0.15, 0.2) is 10.6 Å². The van der Waals surface area contributed by atoms with Gasteiger partial charge in [-0.1, -0.05) is 5.16 Å². The largest absolute Gasteiger partial charge is 0.372 e. The van der Waals surface area contributed by atoms with E-state index in [9.17, 15) is 19.2 Å². The van der Waals surface area contributed by atoms with Crippen LogP contribution in [0.2, 0.25) is 0 Å². The summed E-state index contributed by atoms with van der Waals surface area (Å²) in [6.45, 7) is 5.90. The van der Waals surface area contributed by atoms with Gasteiger partial charge in [-0.3, -0.25) is 25.0 Å². The molecule has 2 fully saturated rings. The van der Waals surface area contributed by atoms with Crippen molar-refractivity contribution in [2.24, 2.45) is 5.41 Å². The molecule has 12 heteroatoms. The molecule has 1 spiro atoms. The van der Waals surface area contributed by atoms with Crippen molar-refractivity contribution in [3.63, 3.8) is 0 Å². The highest BCUT2D eigenvalue weighted by Gasteiger charge is 2.63. The van der Waals surface area contributed by atoms with Crippen LogP contribution in [0.4, 0.5) is 14.9 Å². The van der Waals surface area contributed by atoms with Gasteiger partial charge >= 0.3 is 6.03 Å². The normalized spacial score (nSPS) is 25.6. The molecule has 3 aliphatic heterocycles. The molecule has 1 aromatic heterocycles. The second-order valence-electron chi connectivity index (χ2n) is 9.06. The van der Waals surface area contributed by atoms with Crippen molar-refractivity contribution in [1.82, 2.24) is 20.7 Å². The van der Waals surface area contributed by atoms with Crippen LogP contribution in [0.1, 0.15) is 36.8 Å². The van der Waals surface area contributed by atoms with E-state index in [1.54, 1.807) is 38.8 Å². The molecule has 4 heterocycles. The van der Waals surface area contributed by atoms with Gasteiger partial charge < -0.3 is 19.1 Å². The molecule has 3 aliphatic rings. The lowest BCUT2D eigenvalue weighted by molar-refractivity contribution is -0.153. The van der Waals surface area contributed by atoms with E-state index in [1.807, 2.05) is 0 Å². The number of morpholine rings is 1. The Bertz CT molecular complexity index is 1240. The van der Waals surface area contributed by atoms with E-state index < -0.39 is 47.1 Å². The molecule has 0 unspecified atom stereocenters. The fourth-order valence-electron chi connectivity index (χ4n) is 5.43. The van der Waals surface area contributed by atoms with Gasteiger partial charge in [-0.15, -0.1) is 0 Å². The molecule has 180 valence electrons. The van der Waals surface area contributed by atoms with Crippen LogP contribution in [0.3, 0.4) is 0 Å². The number of urea groups is 1. The number of amides is 5. The van der Waals surface area contributed by atoms with E-state index in [0.29, 0.717) is 12.1 Å². The average Bonchev–Trinajstić information content (AvgIpc) is 3.19. The summed E-state index contributed by atoms with van der Waals surface area (Å²) < 4.78 is 27.1. The maximum Gasteiger partial charge on any atom is 0.328 e. The molecule has 3 atom stereocenters. The Morgan fingerprint density at radius 2 is 1.97 bits per heavy atom. The molecule has 2 aromatic rings. The molecule has 5 amide bonds. The van der Waals surface area contributed by atoms with E-state index in [-0.39, 0.29) is 41.4 Å². The minimum absolute atomic E-state index is 0.0614. The number of halogens is 1. The monoisotopic (exact) mass is 473 g/mol. The van der Waals surface area contributed by atoms with Gasteiger partial charge in [0.15, 0.2) is 16.9 Å². The third kappa shape index (κ3) is 2.87. The molecular weight excluding hydrogens is 449 g/mol. The molecule has 0 aliphatic carbocycles. The SMILES string of the molecule is CCN(C)C(=O)c1noc2c(F)c3c(cc12)CC1(C(=O)NC(=O)NC1=O)[C@@H]1[C@@H](C)O[C@@H](C)CN31. The Morgan fingerprint density at radius 3 is 2.62 bits per heavy atom. The summed E-state index contributed by atoms with van der Waals surface area (Å²) in [5.74, 6) is -2.73. The van der Waals surface area contributed by atoms with Crippen LogP contribution in [0.5, 0.6) is 0 Å². The molecule has 34 heavy (non-hydrogen) atoms. The third-order valence-electron chi connectivity index (χ3n) is 6.99. The molecule has 0 saturated carbocycles. The zero-order valence-corrected chi connectivity index (χ0v) is 19.1. The maximum atomic E-state index is 16.0. The number of benzene rings is 1. The van der Waals surface area contributed by atoms with Gasteiger partial charge in [0.25, 0.3) is 5.91 Å². The first kappa shape index (κ1) is 22.3. The van der Waals surface area contributed by atoms with Crippen molar-refractivity contribution in [1.29, 1.82) is 0 Å². The third-order valence-corrected chi connectivity index (χ3v) is 6.99. The summed E-state index contributed by atoms with van der Waals surface area (Å²) in [7, 11) is 1.58. The van der Waals surface area contributed by atoms with Crippen molar-refractivity contribution >= 4 is 40.4 Å². The highest BCUT2D eigenvalue weighted by Crippen LogP contribution is 2.49. The Kier molecular flexibility index (Phi) is 4.90. The summed E-state index contributed by atoms with van der Waals surface area (Å²) in [5, 5.41) is 8.35. The Hall–Kier alpha value is -3.54. The smallest absolute Gasteiger partial charge is 0.328 e. The minimum Gasteiger partial charge on any atom is -0.372 e. The van der Waals surface area contributed by atoms with Crippen LogP contribution in [0, 0.1) is 11.2 Å². The zero-order chi connectivity index (χ0) is 24.5. The van der Waals surface area contributed by atoms with Crippen molar-refractivity contribution in [3.05, 3.63) is 23.1 Å². The maximum absolute atomic E-state index is 16.0. The van der Waals surface area contributed by atoms with Gasteiger partial charge in [-0.05, 0) is 32.4 Å². The number of ether oxygens (including phenoxy) is 1. The van der Waals surface area contributed by atoms with Gasteiger partial charge in [0, 0.05) is 26.6 Å². The van der Waals surface area contributed by atoms with Gasteiger partial charge in [0.05, 0.1) is 29.3 Å². The van der Waals surface area contributed by atoms with Crippen molar-refractivity contribution in [2.45, 2.75) is 45.4 Å². The Balaban J connectivity index is 1.75. The van der Waals surface area contributed by atoms with Crippen LogP contribution in [0.25, 0.3) is 11.0 Å². The fourth-order valence-corrected chi connectivity index (χ4v) is 5.43. The van der Waals surface area contributed by atoms with Crippen LogP contribution in [-0.2, 0) is 20.7 Å². The number of anilines is 1. The van der Waals surface area contributed by atoms with Crippen molar-refractivity contribution < 1.29 is 32.8 Å². The highest BCUT2D eigenvalue weighted by molar-refractivity contribution is 6.20. The lowest BCUT2D eigenvalue weighted by atomic mass is 9.66. The lowest BCUT2D eigenvalue weighted by Gasteiger charge is -2.55. The predicted molar refractivity (Wildman–Crippen MR) is 116 cm³/mol. The van der Waals surface area contributed by atoms with Crippen molar-refractivity contribution in [3.8, 4) is 0 Å². The first-order chi connectivity index (χ1) is 16.1. The standard InChI is InChI=1S/C22H24FN5O6/c1-5-27(4)18(29)14-12-6-11-7-22(19(30)24-21(32)25-20(22)31)17-10(3)33-9(2)8-28(17)15(11)13(23)16(12)34-26-14/h6,9-10,17H,5,7-8H2,1-4H3,(H2,24,25,30,31,32)/t9-,10+,17-/m0/s1. The lowest BCUT2D eigenvalue weighted by Crippen LogP contribution is -2.75. The summed E-state index contributed by atoms with van der Waals surface area (Å²) >= 11 is 0. The quantitative estimate of drug-likeness (QED) is 0.616. The Morgan fingerprint density at radius 1 is 1.29 bits per heavy atom. The first-order valence-corrected chi connectivity index (χ1v) is 11.0. The number of nitrogens with zero attached hydrogens (tertiary/aromatic N) is 3. The van der Waals surface area contributed by atoms with Crippen LogP contribution >= 0.6 is 0 Å². The number of carbonyl (C=O) groups is 4. The van der Waals surface area contributed by atoms with E-state index in [2.05, 4.69) is 15.8 Å². The molecule has 0 radical (unpaired) electrons. The van der Waals surface area contributed by atoms with Crippen LogP contribution < -0.4 is 15.5 Å². The number of imide groups is 2. The van der Waals surface area contributed by atoms with E-state index >= 15 is 4.39 Å².